The Morgan fingerprint density at radius 3 is 2.64 bits per heavy atom. The molecule has 0 heterocycles. The lowest BCUT2D eigenvalue weighted by Gasteiger charge is -2.25. The summed E-state index contributed by atoms with van der Waals surface area (Å²) in [7, 11) is 0. The van der Waals surface area contributed by atoms with Crippen molar-refractivity contribution in [2.75, 3.05) is 0 Å². The molecule has 2 bridgehead atoms. The first-order chi connectivity index (χ1) is 12.0. The molecule has 2 aliphatic rings. The summed E-state index contributed by atoms with van der Waals surface area (Å²) in [5, 5.41) is 9.66. The number of hydrogen-bond donors (Lipinski definition) is 1. The van der Waals surface area contributed by atoms with Crippen LogP contribution in [0.4, 0.5) is 0 Å². The molecule has 2 aliphatic carbocycles. The average Bonchev–Trinajstić information content (AvgIpc) is 3.18. The van der Waals surface area contributed by atoms with Crippen molar-refractivity contribution in [3.8, 4) is 0 Å². The molecular formula is C23H32O2. The van der Waals surface area contributed by atoms with Gasteiger partial charge in [0.05, 0.1) is 5.92 Å². The molecule has 0 aromatic heterocycles. The quantitative estimate of drug-likeness (QED) is 0.580. The highest BCUT2D eigenvalue weighted by Crippen LogP contribution is 2.56. The lowest BCUT2D eigenvalue weighted by Crippen LogP contribution is -2.21. The third-order valence-electron chi connectivity index (χ3n) is 6.71. The van der Waals surface area contributed by atoms with Crippen molar-refractivity contribution in [3.05, 3.63) is 47.5 Å². The Kier molecular flexibility index (Phi) is 5.66. The van der Waals surface area contributed by atoms with Crippen molar-refractivity contribution in [1.82, 2.24) is 0 Å². The highest BCUT2D eigenvalue weighted by Gasteiger charge is 2.43. The molecule has 3 rings (SSSR count). The van der Waals surface area contributed by atoms with Crippen molar-refractivity contribution in [1.29, 1.82) is 0 Å². The number of hydrogen-bond acceptors (Lipinski definition) is 1. The Morgan fingerprint density at radius 2 is 2.08 bits per heavy atom. The van der Waals surface area contributed by atoms with Gasteiger partial charge in [-0.3, -0.25) is 4.79 Å². The van der Waals surface area contributed by atoms with E-state index in [4.69, 9.17) is 0 Å². The molecule has 2 heteroatoms. The number of carboxylic acids is 1. The van der Waals surface area contributed by atoms with Crippen LogP contribution in [0.3, 0.4) is 0 Å². The van der Waals surface area contributed by atoms with E-state index in [1.807, 2.05) is 13.0 Å². The fourth-order valence-electron chi connectivity index (χ4n) is 5.24. The van der Waals surface area contributed by atoms with Gasteiger partial charge in [-0.25, -0.2) is 0 Å². The van der Waals surface area contributed by atoms with Crippen molar-refractivity contribution in [3.63, 3.8) is 0 Å². The van der Waals surface area contributed by atoms with Gasteiger partial charge >= 0.3 is 5.97 Å². The lowest BCUT2D eigenvalue weighted by atomic mass is 9.79. The summed E-state index contributed by atoms with van der Waals surface area (Å²) in [6.07, 6.45) is 14.4. The van der Waals surface area contributed by atoms with Crippen LogP contribution >= 0.6 is 0 Å². The predicted molar refractivity (Wildman–Crippen MR) is 103 cm³/mol. The molecule has 1 aromatic rings. The van der Waals surface area contributed by atoms with Gasteiger partial charge in [0.15, 0.2) is 0 Å². The maximum absolute atomic E-state index is 11.8. The van der Waals surface area contributed by atoms with Gasteiger partial charge in [0.1, 0.15) is 0 Å². The van der Waals surface area contributed by atoms with Gasteiger partial charge in [0.25, 0.3) is 0 Å². The van der Waals surface area contributed by atoms with Crippen LogP contribution in [-0.2, 0) is 4.79 Å². The first-order valence-electron chi connectivity index (χ1n) is 9.97. The highest BCUT2D eigenvalue weighted by molar-refractivity contribution is 5.71. The summed E-state index contributed by atoms with van der Waals surface area (Å²) in [6.45, 7) is 4.06. The Hall–Kier alpha value is -1.57. The van der Waals surface area contributed by atoms with E-state index in [-0.39, 0.29) is 11.8 Å². The number of allylic oxidation sites excluding steroid dienone is 2. The summed E-state index contributed by atoms with van der Waals surface area (Å²) in [5.41, 5.74) is 2.95. The monoisotopic (exact) mass is 340 g/mol. The van der Waals surface area contributed by atoms with Gasteiger partial charge in [-0.2, -0.15) is 0 Å². The molecule has 0 radical (unpaired) electrons. The van der Waals surface area contributed by atoms with Crippen LogP contribution in [0.1, 0.15) is 75.3 Å². The summed E-state index contributed by atoms with van der Waals surface area (Å²) in [6, 6.07) is 8.37. The van der Waals surface area contributed by atoms with Crippen molar-refractivity contribution >= 4 is 5.97 Å². The molecule has 0 saturated heterocycles. The molecule has 0 aliphatic heterocycles. The van der Waals surface area contributed by atoms with E-state index in [2.05, 4.69) is 37.3 Å². The summed E-state index contributed by atoms with van der Waals surface area (Å²) < 4.78 is 0. The van der Waals surface area contributed by atoms with Gasteiger partial charge in [-0.1, -0.05) is 48.9 Å². The third-order valence-corrected chi connectivity index (χ3v) is 6.71. The zero-order valence-corrected chi connectivity index (χ0v) is 15.7. The molecule has 2 saturated carbocycles. The molecule has 2 atom stereocenters. The fraction of sp³-hybridized carbons (Fsp3) is 0.609. The van der Waals surface area contributed by atoms with E-state index in [9.17, 15) is 9.90 Å². The maximum Gasteiger partial charge on any atom is 0.307 e. The average molecular weight is 341 g/mol. The van der Waals surface area contributed by atoms with E-state index in [0.717, 1.165) is 12.3 Å². The molecule has 1 aromatic carbocycles. The Bertz CT molecular complexity index is 623. The summed E-state index contributed by atoms with van der Waals surface area (Å²) in [4.78, 5) is 11.8. The Labute approximate surface area is 152 Å². The minimum absolute atomic E-state index is 0.0658. The normalized spacial score (nSPS) is 27.7. The first kappa shape index (κ1) is 18.2. The summed E-state index contributed by atoms with van der Waals surface area (Å²) in [5.74, 6) is 0.0726. The highest BCUT2D eigenvalue weighted by atomic mass is 16.4. The smallest absolute Gasteiger partial charge is 0.307 e. The SMILES string of the molecule is CCC(C(=O)O)C(CC=CCC12CCC(CC1)C2)c1cccc(C)c1. The van der Waals surface area contributed by atoms with Gasteiger partial charge in [-0.05, 0) is 75.2 Å². The predicted octanol–water partition coefficient (Wildman–Crippen LogP) is 6.11. The first-order valence-corrected chi connectivity index (χ1v) is 9.97. The number of aryl methyl sites for hydroxylation is 1. The second-order valence-electron chi connectivity index (χ2n) is 8.43. The van der Waals surface area contributed by atoms with Crippen LogP contribution in [0, 0.1) is 24.2 Å². The molecule has 136 valence electrons. The van der Waals surface area contributed by atoms with Gasteiger partial charge in [0.2, 0.25) is 0 Å². The minimum Gasteiger partial charge on any atom is -0.481 e. The zero-order valence-electron chi connectivity index (χ0n) is 15.7. The molecule has 2 fully saturated rings. The van der Waals surface area contributed by atoms with E-state index < -0.39 is 5.97 Å². The Balaban J connectivity index is 1.69. The Morgan fingerprint density at radius 1 is 1.32 bits per heavy atom. The number of carboxylic acid groups (broad SMARTS) is 1. The van der Waals surface area contributed by atoms with Crippen LogP contribution in [-0.4, -0.2) is 11.1 Å². The molecule has 2 unspecified atom stereocenters. The molecule has 1 N–H and O–H groups in total. The second kappa shape index (κ2) is 7.76. The van der Waals surface area contributed by atoms with Crippen LogP contribution in [0.15, 0.2) is 36.4 Å². The molecule has 25 heavy (non-hydrogen) atoms. The number of rotatable bonds is 8. The van der Waals surface area contributed by atoms with Crippen LogP contribution in [0.25, 0.3) is 0 Å². The topological polar surface area (TPSA) is 37.3 Å². The van der Waals surface area contributed by atoms with Crippen molar-refractivity contribution < 1.29 is 9.90 Å². The molecule has 2 nitrogen and oxygen atoms in total. The molecule has 0 amide bonds. The minimum atomic E-state index is -0.671. The van der Waals surface area contributed by atoms with E-state index in [1.165, 1.54) is 49.7 Å². The van der Waals surface area contributed by atoms with E-state index >= 15 is 0 Å². The van der Waals surface area contributed by atoms with E-state index in [1.54, 1.807) is 0 Å². The van der Waals surface area contributed by atoms with Gasteiger partial charge < -0.3 is 5.11 Å². The number of benzene rings is 1. The van der Waals surface area contributed by atoms with Crippen molar-refractivity contribution in [2.45, 2.75) is 71.1 Å². The fourth-order valence-corrected chi connectivity index (χ4v) is 5.24. The lowest BCUT2D eigenvalue weighted by molar-refractivity contribution is -0.142. The largest absolute Gasteiger partial charge is 0.481 e. The van der Waals surface area contributed by atoms with Crippen LogP contribution < -0.4 is 0 Å². The second-order valence-corrected chi connectivity index (χ2v) is 8.43. The molecular weight excluding hydrogens is 308 g/mol. The number of aliphatic carboxylic acids is 1. The molecule has 0 spiro atoms. The summed E-state index contributed by atoms with van der Waals surface area (Å²) >= 11 is 0. The zero-order chi connectivity index (χ0) is 17.9. The van der Waals surface area contributed by atoms with Crippen LogP contribution in [0.2, 0.25) is 0 Å². The number of fused-ring (bicyclic) bond motifs is 2. The van der Waals surface area contributed by atoms with Gasteiger partial charge in [0, 0.05) is 5.92 Å². The third kappa shape index (κ3) is 4.16. The van der Waals surface area contributed by atoms with Crippen LogP contribution in [0.5, 0.6) is 0 Å². The van der Waals surface area contributed by atoms with Crippen molar-refractivity contribution in [2.24, 2.45) is 17.3 Å². The van der Waals surface area contributed by atoms with Gasteiger partial charge in [-0.15, -0.1) is 0 Å². The standard InChI is InChI=1S/C23H32O2/c1-3-20(22(24)25)21(19-8-6-7-17(2)15-19)9-4-5-12-23-13-10-18(16-23)11-14-23/h4-8,15,18,20-21H,3,9-14,16H2,1-2H3,(H,24,25). The maximum atomic E-state index is 11.8. The van der Waals surface area contributed by atoms with E-state index in [0.29, 0.717) is 11.8 Å². The number of carbonyl (C=O) groups is 1.